The van der Waals surface area contributed by atoms with Crippen molar-refractivity contribution in [1.29, 1.82) is 0 Å². The molecule has 112 valence electrons. The minimum Gasteiger partial charge on any atom is -0.323 e. The molecule has 0 spiro atoms. The van der Waals surface area contributed by atoms with Gasteiger partial charge in [-0.1, -0.05) is 6.07 Å². The molecule has 3 heterocycles. The molecule has 0 saturated heterocycles. The highest BCUT2D eigenvalue weighted by Gasteiger charge is 2.19. The zero-order valence-electron chi connectivity index (χ0n) is 12.2. The van der Waals surface area contributed by atoms with Crippen molar-refractivity contribution < 1.29 is 4.79 Å². The van der Waals surface area contributed by atoms with Gasteiger partial charge < -0.3 is 5.32 Å². The summed E-state index contributed by atoms with van der Waals surface area (Å²) in [5.74, 6) is -0.0568. The molecule has 0 radical (unpaired) electrons. The maximum atomic E-state index is 12.3. The monoisotopic (exact) mass is 295 g/mol. The minimum atomic E-state index is -0.0568. The van der Waals surface area contributed by atoms with Gasteiger partial charge in [0.25, 0.3) is 0 Å². The fourth-order valence-corrected chi connectivity index (χ4v) is 3.07. The van der Waals surface area contributed by atoms with Gasteiger partial charge in [0.15, 0.2) is 0 Å². The number of carbonyl (C=O) groups is 1. The number of nitrogens with one attached hydrogen (secondary N) is 2. The SMILES string of the molecule is O=C(Cc1n[nH]c2c1CCCC2)Nc1cnn2ccccc12. The number of H-pyrrole nitrogens is 1. The number of fused-ring (bicyclic) bond motifs is 2. The second-order valence-electron chi connectivity index (χ2n) is 5.65. The molecule has 2 N–H and O–H groups in total. The molecule has 0 aliphatic heterocycles. The summed E-state index contributed by atoms with van der Waals surface area (Å²) in [6.45, 7) is 0. The van der Waals surface area contributed by atoms with Crippen molar-refractivity contribution in [2.45, 2.75) is 32.1 Å². The molecule has 1 amide bonds. The van der Waals surface area contributed by atoms with E-state index in [0.717, 1.165) is 29.7 Å². The predicted molar refractivity (Wildman–Crippen MR) is 82.8 cm³/mol. The maximum absolute atomic E-state index is 12.3. The number of aryl methyl sites for hydroxylation is 1. The van der Waals surface area contributed by atoms with Gasteiger partial charge in [0, 0.05) is 11.9 Å². The van der Waals surface area contributed by atoms with Crippen molar-refractivity contribution in [3.63, 3.8) is 0 Å². The van der Waals surface area contributed by atoms with Crippen LogP contribution in [-0.2, 0) is 24.1 Å². The molecular weight excluding hydrogens is 278 g/mol. The Morgan fingerprint density at radius 1 is 1.32 bits per heavy atom. The predicted octanol–water partition coefficient (Wildman–Crippen LogP) is 2.12. The van der Waals surface area contributed by atoms with Crippen LogP contribution >= 0.6 is 0 Å². The third kappa shape index (κ3) is 2.26. The van der Waals surface area contributed by atoms with Gasteiger partial charge in [0.2, 0.25) is 5.91 Å². The van der Waals surface area contributed by atoms with Crippen molar-refractivity contribution in [1.82, 2.24) is 19.8 Å². The summed E-state index contributed by atoms with van der Waals surface area (Å²) in [4.78, 5) is 12.3. The Labute approximate surface area is 127 Å². The van der Waals surface area contributed by atoms with E-state index in [9.17, 15) is 4.79 Å². The molecule has 1 aliphatic carbocycles. The van der Waals surface area contributed by atoms with E-state index in [0.29, 0.717) is 6.42 Å². The van der Waals surface area contributed by atoms with Crippen molar-refractivity contribution >= 4 is 17.1 Å². The van der Waals surface area contributed by atoms with E-state index in [1.54, 1.807) is 10.7 Å². The Morgan fingerprint density at radius 2 is 2.23 bits per heavy atom. The van der Waals surface area contributed by atoms with Crippen molar-refractivity contribution in [3.8, 4) is 0 Å². The van der Waals surface area contributed by atoms with Gasteiger partial charge in [-0.25, -0.2) is 4.52 Å². The Hall–Kier alpha value is -2.63. The van der Waals surface area contributed by atoms with E-state index in [2.05, 4.69) is 20.6 Å². The number of hydrogen-bond acceptors (Lipinski definition) is 3. The second-order valence-corrected chi connectivity index (χ2v) is 5.65. The number of aromatic nitrogens is 4. The fourth-order valence-electron chi connectivity index (χ4n) is 3.07. The molecule has 3 aromatic rings. The van der Waals surface area contributed by atoms with Crippen LogP contribution in [0.5, 0.6) is 0 Å². The summed E-state index contributed by atoms with van der Waals surface area (Å²) in [6.07, 6.45) is 8.26. The summed E-state index contributed by atoms with van der Waals surface area (Å²) in [5, 5.41) is 14.5. The topological polar surface area (TPSA) is 75.1 Å². The molecule has 0 unspecified atom stereocenters. The van der Waals surface area contributed by atoms with Gasteiger partial charge in [-0.05, 0) is 43.4 Å². The number of rotatable bonds is 3. The van der Waals surface area contributed by atoms with Crippen molar-refractivity contribution in [3.05, 3.63) is 47.5 Å². The third-order valence-electron chi connectivity index (χ3n) is 4.17. The molecular formula is C16H17N5O. The molecule has 4 rings (SSSR count). The Morgan fingerprint density at radius 3 is 3.18 bits per heavy atom. The number of pyridine rings is 1. The Balaban J connectivity index is 1.52. The second kappa shape index (κ2) is 5.29. The number of amides is 1. The van der Waals surface area contributed by atoms with Crippen LogP contribution in [-0.4, -0.2) is 25.7 Å². The maximum Gasteiger partial charge on any atom is 0.230 e. The van der Waals surface area contributed by atoms with Gasteiger partial charge in [-0.15, -0.1) is 0 Å². The quantitative estimate of drug-likeness (QED) is 0.777. The fraction of sp³-hybridized carbons (Fsp3) is 0.312. The van der Waals surface area contributed by atoms with Crippen LogP contribution < -0.4 is 5.32 Å². The van der Waals surface area contributed by atoms with Gasteiger partial charge in [0.1, 0.15) is 0 Å². The zero-order chi connectivity index (χ0) is 14.9. The van der Waals surface area contributed by atoms with Gasteiger partial charge in [-0.2, -0.15) is 10.2 Å². The van der Waals surface area contributed by atoms with E-state index in [4.69, 9.17) is 0 Å². The smallest absolute Gasteiger partial charge is 0.230 e. The van der Waals surface area contributed by atoms with Crippen molar-refractivity contribution in [2.24, 2.45) is 0 Å². The first-order chi connectivity index (χ1) is 10.8. The number of anilines is 1. The molecule has 6 heteroatoms. The van der Waals surface area contributed by atoms with Gasteiger partial charge in [0.05, 0.1) is 29.5 Å². The first-order valence-corrected chi connectivity index (χ1v) is 7.58. The molecule has 0 fully saturated rings. The highest BCUT2D eigenvalue weighted by atomic mass is 16.1. The molecule has 1 aliphatic rings. The molecule has 0 saturated carbocycles. The van der Waals surface area contributed by atoms with Crippen LogP contribution in [0.4, 0.5) is 5.69 Å². The molecule has 22 heavy (non-hydrogen) atoms. The summed E-state index contributed by atoms with van der Waals surface area (Å²) in [6, 6.07) is 5.76. The Kier molecular flexibility index (Phi) is 3.14. The Bertz CT molecular complexity index is 832. The highest BCUT2D eigenvalue weighted by Crippen LogP contribution is 2.23. The minimum absolute atomic E-state index is 0.0568. The lowest BCUT2D eigenvalue weighted by molar-refractivity contribution is -0.115. The number of carbonyl (C=O) groups excluding carboxylic acids is 1. The van der Waals surface area contributed by atoms with Crippen LogP contribution in [0.1, 0.15) is 29.8 Å². The average molecular weight is 295 g/mol. The number of aromatic amines is 1. The highest BCUT2D eigenvalue weighted by molar-refractivity contribution is 5.96. The number of nitrogens with zero attached hydrogens (tertiary/aromatic N) is 3. The first kappa shape index (κ1) is 13.1. The van der Waals surface area contributed by atoms with E-state index in [1.807, 2.05) is 24.4 Å². The average Bonchev–Trinajstić information content (AvgIpc) is 3.13. The van der Waals surface area contributed by atoms with E-state index < -0.39 is 0 Å². The van der Waals surface area contributed by atoms with Gasteiger partial charge >= 0.3 is 0 Å². The van der Waals surface area contributed by atoms with E-state index >= 15 is 0 Å². The lowest BCUT2D eigenvalue weighted by Gasteiger charge is -2.11. The third-order valence-corrected chi connectivity index (χ3v) is 4.17. The van der Waals surface area contributed by atoms with Crippen LogP contribution in [0.15, 0.2) is 30.6 Å². The zero-order valence-corrected chi connectivity index (χ0v) is 12.2. The summed E-state index contributed by atoms with van der Waals surface area (Å²) in [5.41, 5.74) is 4.94. The first-order valence-electron chi connectivity index (χ1n) is 7.58. The lowest BCUT2D eigenvalue weighted by Crippen LogP contribution is -2.16. The lowest BCUT2D eigenvalue weighted by atomic mass is 9.95. The van der Waals surface area contributed by atoms with E-state index in [1.165, 1.54) is 24.1 Å². The van der Waals surface area contributed by atoms with Crippen LogP contribution in [0.2, 0.25) is 0 Å². The molecule has 0 bridgehead atoms. The standard InChI is InChI=1S/C16H17N5O/c22-16(9-13-11-5-1-2-6-12(11)19-20-13)18-14-10-17-21-8-4-3-7-15(14)21/h3-4,7-8,10H,1-2,5-6,9H2,(H,18,22)(H,19,20). The molecule has 0 aromatic carbocycles. The van der Waals surface area contributed by atoms with Gasteiger partial charge in [-0.3, -0.25) is 9.89 Å². The molecule has 3 aromatic heterocycles. The van der Waals surface area contributed by atoms with Crippen molar-refractivity contribution in [2.75, 3.05) is 5.32 Å². The van der Waals surface area contributed by atoms with Crippen LogP contribution in [0, 0.1) is 0 Å². The van der Waals surface area contributed by atoms with E-state index in [-0.39, 0.29) is 5.91 Å². The summed E-state index contributed by atoms with van der Waals surface area (Å²) < 4.78 is 1.74. The normalized spacial score (nSPS) is 14.0. The largest absolute Gasteiger partial charge is 0.323 e. The molecule has 0 atom stereocenters. The summed E-state index contributed by atoms with van der Waals surface area (Å²) in [7, 11) is 0. The van der Waals surface area contributed by atoms with Crippen LogP contribution in [0.25, 0.3) is 5.52 Å². The van der Waals surface area contributed by atoms with Crippen LogP contribution in [0.3, 0.4) is 0 Å². The molecule has 6 nitrogen and oxygen atoms in total. The summed E-state index contributed by atoms with van der Waals surface area (Å²) >= 11 is 0. The number of hydrogen-bond donors (Lipinski definition) is 2.